The molecular formula is C14H19F4NO2. The summed E-state index contributed by atoms with van der Waals surface area (Å²) in [5, 5.41) is 11.7. The van der Waals surface area contributed by atoms with Crippen LogP contribution in [0.4, 0.5) is 17.6 Å². The number of aliphatic hydroxyl groups excluding tert-OH is 1. The summed E-state index contributed by atoms with van der Waals surface area (Å²) in [5.74, 6) is -3.54. The first-order valence-corrected chi connectivity index (χ1v) is 6.46. The van der Waals surface area contributed by atoms with Crippen molar-refractivity contribution in [3.8, 4) is 5.75 Å². The summed E-state index contributed by atoms with van der Waals surface area (Å²) in [6.45, 7) is 2.23. The van der Waals surface area contributed by atoms with Crippen molar-refractivity contribution in [2.24, 2.45) is 0 Å². The summed E-state index contributed by atoms with van der Waals surface area (Å²) >= 11 is 0. The van der Waals surface area contributed by atoms with Crippen LogP contribution < -0.4 is 10.1 Å². The zero-order valence-electron chi connectivity index (χ0n) is 11.9. The number of ether oxygens (including phenoxy) is 1. The van der Waals surface area contributed by atoms with Crippen molar-refractivity contribution in [2.75, 3.05) is 19.7 Å². The molecule has 1 rings (SSSR count). The lowest BCUT2D eigenvalue weighted by Crippen LogP contribution is -2.42. The van der Waals surface area contributed by atoms with Crippen LogP contribution in [0.15, 0.2) is 18.2 Å². The first-order chi connectivity index (χ1) is 9.70. The van der Waals surface area contributed by atoms with Crippen LogP contribution in [0.1, 0.15) is 11.1 Å². The number of alkyl halides is 4. The average Bonchev–Trinajstić information content (AvgIpc) is 2.35. The first kappa shape index (κ1) is 17.7. The highest BCUT2D eigenvalue weighted by Gasteiger charge is 2.40. The molecule has 1 unspecified atom stereocenters. The minimum Gasteiger partial charge on any atom is -0.491 e. The minimum absolute atomic E-state index is 0.115. The Balaban J connectivity index is 2.33. The molecule has 120 valence electrons. The van der Waals surface area contributed by atoms with E-state index in [2.05, 4.69) is 5.32 Å². The Labute approximate surface area is 120 Å². The molecular weight excluding hydrogens is 290 g/mol. The Morgan fingerprint density at radius 1 is 1.19 bits per heavy atom. The third-order valence-electron chi connectivity index (χ3n) is 2.70. The predicted octanol–water partition coefficient (Wildman–Crippen LogP) is 2.53. The number of halogens is 4. The van der Waals surface area contributed by atoms with Gasteiger partial charge in [-0.05, 0) is 37.1 Å². The normalized spacial score (nSPS) is 13.5. The second kappa shape index (κ2) is 7.61. The van der Waals surface area contributed by atoms with Gasteiger partial charge in [0.2, 0.25) is 0 Å². The Morgan fingerprint density at radius 3 is 2.29 bits per heavy atom. The van der Waals surface area contributed by atoms with E-state index < -0.39 is 25.0 Å². The maximum Gasteiger partial charge on any atom is 0.319 e. The Hall–Kier alpha value is -1.34. The van der Waals surface area contributed by atoms with Gasteiger partial charge >= 0.3 is 12.3 Å². The smallest absolute Gasteiger partial charge is 0.319 e. The number of nitrogens with one attached hydrogen (secondary N) is 1. The standard InChI is InChI=1S/C14H19F4NO2/c1-9-3-10(2)5-12(4-9)21-7-11(20)6-19-8-14(17,18)13(15)16/h3-5,11,13,19-20H,6-8H2,1-2H3. The summed E-state index contributed by atoms with van der Waals surface area (Å²) in [7, 11) is 0. The molecule has 0 heterocycles. The third-order valence-corrected chi connectivity index (χ3v) is 2.70. The van der Waals surface area contributed by atoms with E-state index in [-0.39, 0.29) is 13.2 Å². The monoisotopic (exact) mass is 309 g/mol. The van der Waals surface area contributed by atoms with Crippen LogP contribution in [0.25, 0.3) is 0 Å². The number of benzene rings is 1. The highest BCUT2D eigenvalue weighted by molar-refractivity contribution is 5.32. The van der Waals surface area contributed by atoms with Gasteiger partial charge in [-0.1, -0.05) is 6.07 Å². The molecule has 0 spiro atoms. The van der Waals surface area contributed by atoms with Crippen molar-refractivity contribution in [2.45, 2.75) is 32.3 Å². The van der Waals surface area contributed by atoms with Gasteiger partial charge in [0.15, 0.2) is 0 Å². The Morgan fingerprint density at radius 2 is 1.76 bits per heavy atom. The molecule has 0 bridgehead atoms. The van der Waals surface area contributed by atoms with Crippen molar-refractivity contribution in [3.05, 3.63) is 29.3 Å². The fourth-order valence-corrected chi connectivity index (χ4v) is 1.75. The largest absolute Gasteiger partial charge is 0.491 e. The van der Waals surface area contributed by atoms with Crippen LogP contribution >= 0.6 is 0 Å². The number of aliphatic hydroxyl groups is 1. The molecule has 0 amide bonds. The van der Waals surface area contributed by atoms with Crippen molar-refractivity contribution < 1.29 is 27.4 Å². The van der Waals surface area contributed by atoms with E-state index in [0.717, 1.165) is 11.1 Å². The summed E-state index contributed by atoms with van der Waals surface area (Å²) in [5.41, 5.74) is 1.99. The molecule has 0 aliphatic heterocycles. The van der Waals surface area contributed by atoms with Gasteiger partial charge < -0.3 is 15.2 Å². The van der Waals surface area contributed by atoms with E-state index in [0.29, 0.717) is 5.75 Å². The Bertz CT molecular complexity index is 434. The molecule has 0 radical (unpaired) electrons. The number of aryl methyl sites for hydroxylation is 2. The molecule has 0 fully saturated rings. The van der Waals surface area contributed by atoms with Crippen molar-refractivity contribution in [1.82, 2.24) is 5.32 Å². The number of rotatable bonds is 8. The van der Waals surface area contributed by atoms with E-state index >= 15 is 0 Å². The number of hydrogen-bond acceptors (Lipinski definition) is 3. The molecule has 1 aromatic carbocycles. The van der Waals surface area contributed by atoms with Crippen molar-refractivity contribution in [3.63, 3.8) is 0 Å². The first-order valence-electron chi connectivity index (χ1n) is 6.46. The van der Waals surface area contributed by atoms with Gasteiger partial charge in [0, 0.05) is 6.54 Å². The molecule has 1 aromatic rings. The van der Waals surface area contributed by atoms with Gasteiger partial charge in [0.05, 0.1) is 6.54 Å². The third kappa shape index (κ3) is 6.31. The van der Waals surface area contributed by atoms with Gasteiger partial charge in [-0.2, -0.15) is 8.78 Å². The molecule has 0 aliphatic carbocycles. The lowest BCUT2D eigenvalue weighted by Gasteiger charge is -2.18. The average molecular weight is 309 g/mol. The molecule has 2 N–H and O–H groups in total. The van der Waals surface area contributed by atoms with Crippen molar-refractivity contribution in [1.29, 1.82) is 0 Å². The van der Waals surface area contributed by atoms with E-state index in [1.807, 2.05) is 19.9 Å². The molecule has 0 saturated carbocycles. The summed E-state index contributed by atoms with van der Waals surface area (Å²) in [6.07, 6.45) is -4.80. The molecule has 0 aromatic heterocycles. The Kier molecular flexibility index (Phi) is 6.42. The lowest BCUT2D eigenvalue weighted by molar-refractivity contribution is -0.125. The van der Waals surface area contributed by atoms with Gasteiger partial charge in [-0.25, -0.2) is 8.78 Å². The topological polar surface area (TPSA) is 41.5 Å². The molecule has 1 atom stereocenters. The fraction of sp³-hybridized carbons (Fsp3) is 0.571. The quantitative estimate of drug-likeness (QED) is 0.725. The van der Waals surface area contributed by atoms with E-state index in [4.69, 9.17) is 4.74 Å². The summed E-state index contributed by atoms with van der Waals surface area (Å²) < 4.78 is 54.4. The van der Waals surface area contributed by atoms with Gasteiger partial charge in [-0.3, -0.25) is 0 Å². The molecule has 0 saturated heterocycles. The zero-order chi connectivity index (χ0) is 16.0. The molecule has 3 nitrogen and oxygen atoms in total. The summed E-state index contributed by atoms with van der Waals surface area (Å²) in [4.78, 5) is 0. The number of hydrogen-bond donors (Lipinski definition) is 2. The van der Waals surface area contributed by atoms with Crippen LogP contribution in [-0.2, 0) is 0 Å². The van der Waals surface area contributed by atoms with Crippen LogP contribution in [-0.4, -0.2) is 43.3 Å². The van der Waals surface area contributed by atoms with E-state index in [1.165, 1.54) is 0 Å². The molecule has 21 heavy (non-hydrogen) atoms. The maximum atomic E-state index is 12.6. The highest BCUT2D eigenvalue weighted by atomic mass is 19.3. The van der Waals surface area contributed by atoms with Crippen LogP contribution in [0.2, 0.25) is 0 Å². The summed E-state index contributed by atoms with van der Waals surface area (Å²) in [6, 6.07) is 5.51. The van der Waals surface area contributed by atoms with E-state index in [1.54, 1.807) is 12.1 Å². The van der Waals surface area contributed by atoms with Gasteiger partial charge in [0.1, 0.15) is 18.5 Å². The highest BCUT2D eigenvalue weighted by Crippen LogP contribution is 2.21. The van der Waals surface area contributed by atoms with Crippen LogP contribution in [0.5, 0.6) is 5.75 Å². The van der Waals surface area contributed by atoms with Crippen molar-refractivity contribution >= 4 is 0 Å². The van der Waals surface area contributed by atoms with Crippen LogP contribution in [0, 0.1) is 13.8 Å². The maximum absolute atomic E-state index is 12.6. The van der Waals surface area contributed by atoms with Gasteiger partial charge in [0.25, 0.3) is 0 Å². The van der Waals surface area contributed by atoms with Crippen LogP contribution in [0.3, 0.4) is 0 Å². The SMILES string of the molecule is Cc1cc(C)cc(OCC(O)CNCC(F)(F)C(F)F)c1. The molecule has 7 heteroatoms. The lowest BCUT2D eigenvalue weighted by atomic mass is 10.1. The zero-order valence-corrected chi connectivity index (χ0v) is 11.9. The van der Waals surface area contributed by atoms with E-state index in [9.17, 15) is 22.7 Å². The predicted molar refractivity (Wildman–Crippen MR) is 71.2 cm³/mol. The second-order valence-corrected chi connectivity index (χ2v) is 4.98. The minimum atomic E-state index is -4.10. The second-order valence-electron chi connectivity index (χ2n) is 4.98. The van der Waals surface area contributed by atoms with Gasteiger partial charge in [-0.15, -0.1) is 0 Å². The molecule has 0 aliphatic rings. The fourth-order valence-electron chi connectivity index (χ4n) is 1.75.